The van der Waals surface area contributed by atoms with E-state index >= 15 is 0 Å². The maximum Gasteiger partial charge on any atom is 0.231 e. The highest BCUT2D eigenvalue weighted by atomic mass is 35.5. The topological polar surface area (TPSA) is 30.5 Å². The third kappa shape index (κ3) is 1.57. The van der Waals surface area contributed by atoms with E-state index < -0.39 is 0 Å². The lowest BCUT2D eigenvalue weighted by molar-refractivity contribution is 0.174. The van der Waals surface area contributed by atoms with Crippen molar-refractivity contribution in [2.24, 2.45) is 0 Å². The first-order chi connectivity index (χ1) is 6.31. The Morgan fingerprint density at radius 2 is 2.08 bits per heavy atom. The Bertz CT molecular complexity index is 328. The molecule has 1 heterocycles. The maximum absolute atomic E-state index is 6.01. The van der Waals surface area contributed by atoms with E-state index in [0.717, 1.165) is 23.6 Å². The Labute approximate surface area is 81.6 Å². The lowest BCUT2D eigenvalue weighted by Crippen LogP contribution is -2.05. The molecule has 0 saturated carbocycles. The van der Waals surface area contributed by atoms with Crippen LogP contribution in [-0.4, -0.2) is 13.8 Å². The lowest BCUT2D eigenvalue weighted by Gasteiger charge is -2.04. The van der Waals surface area contributed by atoms with E-state index in [9.17, 15) is 0 Å². The van der Waals surface area contributed by atoms with Gasteiger partial charge in [-0.2, -0.15) is 0 Å². The molecule has 2 rings (SSSR count). The summed E-state index contributed by atoms with van der Waals surface area (Å²) >= 11 is 6.01. The summed E-state index contributed by atoms with van der Waals surface area (Å²) in [4.78, 5) is 0. The first kappa shape index (κ1) is 8.66. The summed E-state index contributed by atoms with van der Waals surface area (Å²) in [6, 6.07) is 3.69. The van der Waals surface area contributed by atoms with E-state index in [1.54, 1.807) is 6.07 Å². The van der Waals surface area contributed by atoms with Gasteiger partial charge >= 0.3 is 0 Å². The van der Waals surface area contributed by atoms with Crippen LogP contribution in [0.3, 0.4) is 0 Å². The molecule has 0 radical (unpaired) electrons. The van der Waals surface area contributed by atoms with Gasteiger partial charge in [-0.15, -0.1) is 0 Å². The Hall–Kier alpha value is -0.930. The minimum absolute atomic E-state index is 0.286. The molecule has 0 fully saturated rings. The molecule has 0 aliphatic carbocycles. The van der Waals surface area contributed by atoms with Crippen LogP contribution in [0.5, 0.6) is 11.5 Å². The Morgan fingerprint density at radius 3 is 2.77 bits per heavy atom. The molecule has 0 spiro atoms. The number of hydrogen-bond acceptors (Lipinski definition) is 3. The Morgan fingerprint density at radius 1 is 1.38 bits per heavy atom. The van der Waals surface area contributed by atoms with Crippen molar-refractivity contribution < 1.29 is 9.47 Å². The molecule has 1 aliphatic heterocycles. The average molecular weight is 200 g/mol. The molecule has 0 bridgehead atoms. The van der Waals surface area contributed by atoms with Crippen molar-refractivity contribution in [3.05, 3.63) is 22.7 Å². The third-order valence-electron chi connectivity index (χ3n) is 1.91. The van der Waals surface area contributed by atoms with Crippen molar-refractivity contribution in [2.45, 2.75) is 6.54 Å². The van der Waals surface area contributed by atoms with Crippen LogP contribution in [-0.2, 0) is 6.54 Å². The normalized spacial score (nSPS) is 13.4. The molecule has 1 aromatic rings. The van der Waals surface area contributed by atoms with Crippen molar-refractivity contribution in [1.29, 1.82) is 0 Å². The highest BCUT2D eigenvalue weighted by Gasteiger charge is 2.15. The van der Waals surface area contributed by atoms with Gasteiger partial charge < -0.3 is 14.8 Å². The van der Waals surface area contributed by atoms with Crippen molar-refractivity contribution in [1.82, 2.24) is 5.32 Å². The molecule has 0 amide bonds. The molecule has 0 aromatic heterocycles. The van der Waals surface area contributed by atoms with E-state index in [1.807, 2.05) is 13.1 Å². The molecule has 4 heteroatoms. The number of hydrogen-bond donors (Lipinski definition) is 1. The van der Waals surface area contributed by atoms with Gasteiger partial charge in [0.05, 0.1) is 0 Å². The minimum atomic E-state index is 0.286. The quantitative estimate of drug-likeness (QED) is 0.788. The zero-order valence-corrected chi connectivity index (χ0v) is 8.02. The Balaban J connectivity index is 2.37. The molecule has 70 valence electrons. The van der Waals surface area contributed by atoms with Crippen LogP contribution < -0.4 is 14.8 Å². The van der Waals surface area contributed by atoms with Crippen molar-refractivity contribution in [3.8, 4) is 11.5 Å². The fourth-order valence-corrected chi connectivity index (χ4v) is 1.51. The number of rotatable bonds is 2. The van der Waals surface area contributed by atoms with Gasteiger partial charge in [-0.05, 0) is 18.7 Å². The number of halogens is 1. The smallest absolute Gasteiger partial charge is 0.231 e. The molecule has 0 atom stereocenters. The van der Waals surface area contributed by atoms with E-state index in [2.05, 4.69) is 5.32 Å². The summed E-state index contributed by atoms with van der Waals surface area (Å²) in [7, 11) is 1.88. The van der Waals surface area contributed by atoms with Crippen molar-refractivity contribution in [3.63, 3.8) is 0 Å². The second kappa shape index (κ2) is 3.44. The van der Waals surface area contributed by atoms with Crippen molar-refractivity contribution >= 4 is 11.6 Å². The number of nitrogens with one attached hydrogen (secondary N) is 1. The largest absolute Gasteiger partial charge is 0.454 e. The monoisotopic (exact) mass is 199 g/mol. The molecular formula is C9H10ClNO2. The van der Waals surface area contributed by atoms with E-state index in [1.165, 1.54) is 0 Å². The summed E-state index contributed by atoms with van der Waals surface area (Å²) < 4.78 is 10.4. The second-order valence-corrected chi connectivity index (χ2v) is 3.23. The van der Waals surface area contributed by atoms with Crippen LogP contribution in [0, 0.1) is 0 Å². The standard InChI is InChI=1S/C9H10ClNO2/c1-11-4-6-2-8-9(3-7(6)10)13-5-12-8/h2-3,11H,4-5H2,1H3. The number of fused-ring (bicyclic) bond motifs is 1. The van der Waals surface area contributed by atoms with E-state index in [-0.39, 0.29) is 6.79 Å². The first-order valence-electron chi connectivity index (χ1n) is 4.04. The van der Waals surface area contributed by atoms with Gasteiger partial charge in [0.15, 0.2) is 11.5 Å². The van der Waals surface area contributed by atoms with Gasteiger partial charge in [-0.25, -0.2) is 0 Å². The van der Waals surface area contributed by atoms with E-state index in [4.69, 9.17) is 21.1 Å². The molecule has 0 saturated heterocycles. The zero-order valence-electron chi connectivity index (χ0n) is 7.26. The summed E-state index contributed by atoms with van der Waals surface area (Å²) in [5, 5.41) is 3.74. The molecule has 1 N–H and O–H groups in total. The van der Waals surface area contributed by atoms with E-state index in [0.29, 0.717) is 5.02 Å². The van der Waals surface area contributed by atoms with Crippen LogP contribution in [0.2, 0.25) is 5.02 Å². The predicted molar refractivity (Wildman–Crippen MR) is 50.3 cm³/mol. The number of ether oxygens (including phenoxy) is 2. The molecule has 1 aromatic carbocycles. The molecular weight excluding hydrogens is 190 g/mol. The summed E-state index contributed by atoms with van der Waals surface area (Å²) in [6.45, 7) is 1.02. The molecule has 1 aliphatic rings. The molecule has 0 unspecified atom stereocenters. The van der Waals surface area contributed by atoms with Crippen LogP contribution in [0.25, 0.3) is 0 Å². The average Bonchev–Trinajstić information content (AvgIpc) is 2.52. The van der Waals surface area contributed by atoms with Gasteiger partial charge in [-0.3, -0.25) is 0 Å². The summed E-state index contributed by atoms with van der Waals surface area (Å²) in [6.07, 6.45) is 0. The zero-order chi connectivity index (χ0) is 9.26. The second-order valence-electron chi connectivity index (χ2n) is 2.83. The number of benzene rings is 1. The van der Waals surface area contributed by atoms with Crippen LogP contribution in [0.1, 0.15) is 5.56 Å². The van der Waals surface area contributed by atoms with Gasteiger partial charge in [0.2, 0.25) is 6.79 Å². The van der Waals surface area contributed by atoms with Gasteiger partial charge in [0.1, 0.15) is 0 Å². The van der Waals surface area contributed by atoms with Crippen LogP contribution in [0.15, 0.2) is 12.1 Å². The van der Waals surface area contributed by atoms with Gasteiger partial charge in [-0.1, -0.05) is 11.6 Å². The Kier molecular flexibility index (Phi) is 2.29. The highest BCUT2D eigenvalue weighted by molar-refractivity contribution is 6.31. The fraction of sp³-hybridized carbons (Fsp3) is 0.333. The highest BCUT2D eigenvalue weighted by Crippen LogP contribution is 2.36. The molecule has 13 heavy (non-hydrogen) atoms. The maximum atomic E-state index is 6.01. The first-order valence-corrected chi connectivity index (χ1v) is 4.41. The fourth-order valence-electron chi connectivity index (χ4n) is 1.29. The van der Waals surface area contributed by atoms with Gasteiger partial charge in [0.25, 0.3) is 0 Å². The third-order valence-corrected chi connectivity index (χ3v) is 2.26. The lowest BCUT2D eigenvalue weighted by atomic mass is 10.2. The van der Waals surface area contributed by atoms with Crippen LogP contribution in [0.4, 0.5) is 0 Å². The van der Waals surface area contributed by atoms with Gasteiger partial charge in [0, 0.05) is 17.6 Å². The summed E-state index contributed by atoms with van der Waals surface area (Å²) in [5.41, 5.74) is 1.02. The summed E-state index contributed by atoms with van der Waals surface area (Å²) in [5.74, 6) is 1.50. The molecule has 3 nitrogen and oxygen atoms in total. The predicted octanol–water partition coefficient (Wildman–Crippen LogP) is 1.79. The van der Waals surface area contributed by atoms with Crippen molar-refractivity contribution in [2.75, 3.05) is 13.8 Å². The van der Waals surface area contributed by atoms with Crippen LogP contribution >= 0.6 is 11.6 Å². The SMILES string of the molecule is CNCc1cc2c(cc1Cl)OCO2. The minimum Gasteiger partial charge on any atom is -0.454 e.